The second-order valence-electron chi connectivity index (χ2n) is 4.15. The molecule has 1 nitrogen and oxygen atoms in total. The average Bonchev–Trinajstić information content (AvgIpc) is 2.48. The van der Waals surface area contributed by atoms with Crippen LogP contribution >= 0.6 is 11.6 Å². The highest BCUT2D eigenvalue weighted by molar-refractivity contribution is 6.18. The number of ether oxygens (including phenoxy) is 1. The summed E-state index contributed by atoms with van der Waals surface area (Å²) < 4.78 is 19.0. The second kappa shape index (κ2) is 7.57. The molecule has 2 rings (SSSR count). The second-order valence-corrected chi connectivity index (χ2v) is 4.52. The Labute approximate surface area is 123 Å². The Morgan fingerprint density at radius 3 is 2.50 bits per heavy atom. The molecule has 0 atom stereocenters. The van der Waals surface area contributed by atoms with Crippen LogP contribution in [-0.2, 0) is 6.61 Å². The highest BCUT2D eigenvalue weighted by Gasteiger charge is 2.01. The monoisotopic (exact) mass is 288 g/mol. The maximum absolute atomic E-state index is 13.4. The quantitative estimate of drug-likeness (QED) is 0.599. The van der Waals surface area contributed by atoms with Crippen LogP contribution in [-0.4, -0.2) is 5.88 Å². The highest BCUT2D eigenvalue weighted by Crippen LogP contribution is 2.15. The van der Waals surface area contributed by atoms with Gasteiger partial charge in [-0.1, -0.05) is 30.0 Å². The largest absolute Gasteiger partial charge is 0.489 e. The number of halogens is 2. The van der Waals surface area contributed by atoms with Gasteiger partial charge in [-0.3, -0.25) is 0 Å². The third-order valence-electron chi connectivity index (χ3n) is 2.66. The molecule has 0 radical (unpaired) electrons. The first-order valence-corrected chi connectivity index (χ1v) is 6.84. The van der Waals surface area contributed by atoms with Gasteiger partial charge in [-0.25, -0.2) is 4.39 Å². The average molecular weight is 289 g/mol. The Morgan fingerprint density at radius 2 is 1.80 bits per heavy atom. The van der Waals surface area contributed by atoms with Crippen LogP contribution in [0.4, 0.5) is 4.39 Å². The molecular weight excluding hydrogens is 275 g/mol. The van der Waals surface area contributed by atoms with E-state index in [4.69, 9.17) is 16.3 Å². The van der Waals surface area contributed by atoms with E-state index in [1.54, 1.807) is 18.2 Å². The van der Waals surface area contributed by atoms with Gasteiger partial charge in [-0.15, -0.1) is 11.6 Å². The van der Waals surface area contributed by atoms with Gasteiger partial charge in [0, 0.05) is 23.4 Å². The number of hydrogen-bond donors (Lipinski definition) is 0. The van der Waals surface area contributed by atoms with Crippen molar-refractivity contribution in [3.63, 3.8) is 0 Å². The molecule has 0 spiro atoms. The van der Waals surface area contributed by atoms with Gasteiger partial charge in [-0.05, 0) is 30.3 Å². The minimum Gasteiger partial charge on any atom is -0.489 e. The number of hydrogen-bond acceptors (Lipinski definition) is 1. The zero-order chi connectivity index (χ0) is 14.2. The van der Waals surface area contributed by atoms with Crippen LogP contribution in [0.2, 0.25) is 0 Å². The molecule has 0 saturated heterocycles. The van der Waals surface area contributed by atoms with Crippen molar-refractivity contribution in [3.8, 4) is 17.6 Å². The smallest absolute Gasteiger partial charge is 0.129 e. The van der Waals surface area contributed by atoms with Crippen molar-refractivity contribution in [1.29, 1.82) is 0 Å². The Kier molecular flexibility index (Phi) is 5.46. The van der Waals surface area contributed by atoms with Gasteiger partial charge in [0.15, 0.2) is 0 Å². The van der Waals surface area contributed by atoms with Crippen molar-refractivity contribution in [2.75, 3.05) is 5.88 Å². The molecule has 102 valence electrons. The van der Waals surface area contributed by atoms with E-state index in [1.807, 2.05) is 24.3 Å². The van der Waals surface area contributed by atoms with Crippen molar-refractivity contribution in [2.24, 2.45) is 0 Å². The van der Waals surface area contributed by atoms with Crippen LogP contribution in [0, 0.1) is 17.7 Å². The predicted molar refractivity (Wildman–Crippen MR) is 79.4 cm³/mol. The summed E-state index contributed by atoms with van der Waals surface area (Å²) in [5.74, 6) is 6.95. The predicted octanol–water partition coefficient (Wildman–Crippen LogP) is 4.39. The zero-order valence-electron chi connectivity index (χ0n) is 10.9. The maximum atomic E-state index is 13.4. The molecule has 3 heteroatoms. The standard InChI is InChI=1S/C17H14ClFO/c18-12-4-3-5-14-8-10-16(11-9-14)20-13-15-6-1-2-7-17(15)19/h1-2,6-11H,4,12-13H2. The van der Waals surface area contributed by atoms with Crippen molar-refractivity contribution in [1.82, 2.24) is 0 Å². The van der Waals surface area contributed by atoms with Gasteiger partial charge >= 0.3 is 0 Å². The molecule has 0 unspecified atom stereocenters. The minimum atomic E-state index is -0.254. The van der Waals surface area contributed by atoms with E-state index in [-0.39, 0.29) is 12.4 Å². The molecule has 0 saturated carbocycles. The van der Waals surface area contributed by atoms with E-state index in [2.05, 4.69) is 11.8 Å². The molecule has 0 aliphatic rings. The Bertz CT molecular complexity index is 611. The molecule has 0 heterocycles. The summed E-state index contributed by atoms with van der Waals surface area (Å²) in [7, 11) is 0. The molecule has 0 N–H and O–H groups in total. The van der Waals surface area contributed by atoms with Crippen LogP contribution in [0.3, 0.4) is 0 Å². The van der Waals surface area contributed by atoms with Crippen molar-refractivity contribution in [2.45, 2.75) is 13.0 Å². The number of alkyl halides is 1. The van der Waals surface area contributed by atoms with Gasteiger partial charge in [0.05, 0.1) is 0 Å². The third-order valence-corrected chi connectivity index (χ3v) is 2.85. The van der Waals surface area contributed by atoms with E-state index in [9.17, 15) is 4.39 Å². The normalized spacial score (nSPS) is 9.70. The van der Waals surface area contributed by atoms with Gasteiger partial charge in [0.25, 0.3) is 0 Å². The van der Waals surface area contributed by atoms with Crippen LogP contribution in [0.1, 0.15) is 17.5 Å². The van der Waals surface area contributed by atoms with Gasteiger partial charge in [-0.2, -0.15) is 0 Å². The first-order chi connectivity index (χ1) is 9.79. The summed E-state index contributed by atoms with van der Waals surface area (Å²) in [6.07, 6.45) is 0.674. The SMILES string of the molecule is Fc1ccccc1COc1ccc(C#CCCCl)cc1. The lowest BCUT2D eigenvalue weighted by Crippen LogP contribution is -1.98. The molecule has 2 aromatic carbocycles. The molecule has 0 bridgehead atoms. The van der Waals surface area contributed by atoms with E-state index >= 15 is 0 Å². The molecule has 20 heavy (non-hydrogen) atoms. The fourth-order valence-electron chi connectivity index (χ4n) is 1.62. The summed E-state index contributed by atoms with van der Waals surface area (Å²) in [4.78, 5) is 0. The minimum absolute atomic E-state index is 0.212. The van der Waals surface area contributed by atoms with Crippen molar-refractivity contribution >= 4 is 11.6 Å². The first kappa shape index (κ1) is 14.4. The summed E-state index contributed by atoms with van der Waals surface area (Å²) in [5.41, 5.74) is 1.45. The van der Waals surface area contributed by atoms with Gasteiger partial charge < -0.3 is 4.74 Å². The topological polar surface area (TPSA) is 9.23 Å². The maximum Gasteiger partial charge on any atom is 0.129 e. The zero-order valence-corrected chi connectivity index (χ0v) is 11.7. The van der Waals surface area contributed by atoms with Crippen molar-refractivity contribution < 1.29 is 9.13 Å². The molecule has 0 fully saturated rings. The third kappa shape index (κ3) is 4.29. The molecule has 0 aliphatic heterocycles. The van der Waals surface area contributed by atoms with Crippen LogP contribution in [0.25, 0.3) is 0 Å². The summed E-state index contributed by atoms with van der Waals surface area (Å²) in [6, 6.07) is 14.0. The fourth-order valence-corrected chi connectivity index (χ4v) is 1.72. The lowest BCUT2D eigenvalue weighted by atomic mass is 10.2. The molecule has 0 aliphatic carbocycles. The van der Waals surface area contributed by atoms with Gasteiger partial charge in [0.1, 0.15) is 18.2 Å². The molecular formula is C17H14ClFO. The lowest BCUT2D eigenvalue weighted by molar-refractivity contribution is 0.300. The highest BCUT2D eigenvalue weighted by atomic mass is 35.5. The lowest BCUT2D eigenvalue weighted by Gasteiger charge is -2.07. The summed E-state index contributed by atoms with van der Waals surface area (Å²) in [5, 5.41) is 0. The van der Waals surface area contributed by atoms with Crippen LogP contribution in [0.15, 0.2) is 48.5 Å². The van der Waals surface area contributed by atoms with Gasteiger partial charge in [0.2, 0.25) is 0 Å². The number of benzene rings is 2. The molecule has 0 aromatic heterocycles. The molecule has 0 amide bonds. The Hall–Kier alpha value is -1.98. The Balaban J connectivity index is 1.95. The summed E-state index contributed by atoms with van der Waals surface area (Å²) in [6.45, 7) is 0.212. The summed E-state index contributed by atoms with van der Waals surface area (Å²) >= 11 is 5.55. The van der Waals surface area contributed by atoms with E-state index in [0.29, 0.717) is 23.6 Å². The molecule has 2 aromatic rings. The Morgan fingerprint density at radius 1 is 1.05 bits per heavy atom. The fraction of sp³-hybridized carbons (Fsp3) is 0.176. The van der Waals surface area contributed by atoms with Crippen molar-refractivity contribution in [3.05, 3.63) is 65.5 Å². The van der Waals surface area contributed by atoms with E-state index in [1.165, 1.54) is 6.07 Å². The van der Waals surface area contributed by atoms with E-state index < -0.39 is 0 Å². The number of rotatable bonds is 4. The van der Waals surface area contributed by atoms with Crippen LogP contribution < -0.4 is 4.74 Å². The first-order valence-electron chi connectivity index (χ1n) is 6.30. The van der Waals surface area contributed by atoms with Crippen LogP contribution in [0.5, 0.6) is 5.75 Å². The van der Waals surface area contributed by atoms with E-state index in [0.717, 1.165) is 5.56 Å².